The third-order valence-corrected chi connectivity index (χ3v) is 4.22. The van der Waals surface area contributed by atoms with Crippen molar-refractivity contribution in [3.8, 4) is 0 Å². The van der Waals surface area contributed by atoms with E-state index in [-0.39, 0.29) is 19.8 Å². The van der Waals surface area contributed by atoms with E-state index in [9.17, 15) is 33.9 Å². The summed E-state index contributed by atoms with van der Waals surface area (Å²) in [6.07, 6.45) is 4.94. The first-order chi connectivity index (χ1) is 19.0. The van der Waals surface area contributed by atoms with Crippen LogP contribution in [0, 0.1) is 12.3 Å². The molecule has 1 aromatic rings. The summed E-state index contributed by atoms with van der Waals surface area (Å²) >= 11 is 0. The Balaban J connectivity index is 0. The number of aryl methyl sites for hydroxylation is 1. The Kier molecular flexibility index (Phi) is 20.2. The van der Waals surface area contributed by atoms with E-state index in [2.05, 4.69) is 40.2 Å². The first-order valence-corrected chi connectivity index (χ1v) is 11.1. The number of hydrogen-bond donors (Lipinski definition) is 2. The van der Waals surface area contributed by atoms with Crippen molar-refractivity contribution in [2.24, 2.45) is 21.1 Å². The molecule has 3 N–H and O–H groups in total. The Hall–Kier alpha value is -5.16. The number of nitrogens with two attached hydrogens (primary N) is 1. The zero-order valence-corrected chi connectivity index (χ0v) is 22.1. The van der Waals surface area contributed by atoms with Crippen molar-refractivity contribution in [2.75, 3.05) is 33.0 Å². The molecular weight excluding hydrogens is 530 g/mol. The SMILES string of the molecule is C=CC(=O)OCC(CO)(COC(=O)C=C)COC(=O)C=C.CCOC(N)=O.Cc1ccc(N=C=O)cc1N=C=O. The number of ether oxygens (including phenoxy) is 4. The molecule has 1 aromatic carbocycles. The molecule has 14 heteroatoms. The standard InChI is InChI=1S/C14H18O7.C9H6N2O2.C3H7NO2/c1-4-11(16)19-8-14(7-15,9-20-12(17)5-2)10-21-13(18)6-3;1-7-2-3-8(10-5-12)4-9(7)11-6-13;1-2-6-3(4)5/h4-6,15H,1-3,7-10H2;2-4H,1H3;2H2,1H3,(H2,4,5). The highest BCUT2D eigenvalue weighted by Gasteiger charge is 2.35. The predicted octanol–water partition coefficient (Wildman–Crippen LogP) is 2.18. The first kappa shape index (κ1) is 37.0. The number of aliphatic hydroxyl groups excluding tert-OH is 1. The van der Waals surface area contributed by atoms with Gasteiger partial charge in [-0.15, -0.1) is 0 Å². The van der Waals surface area contributed by atoms with Crippen molar-refractivity contribution in [1.29, 1.82) is 0 Å². The number of primary amides is 1. The molecule has 40 heavy (non-hydrogen) atoms. The molecule has 0 unspecified atom stereocenters. The predicted molar refractivity (Wildman–Crippen MR) is 141 cm³/mol. The molecule has 0 saturated carbocycles. The van der Waals surface area contributed by atoms with Gasteiger partial charge >= 0.3 is 24.0 Å². The van der Waals surface area contributed by atoms with Crippen LogP contribution in [0.1, 0.15) is 12.5 Å². The van der Waals surface area contributed by atoms with Gasteiger partial charge in [-0.25, -0.2) is 28.8 Å². The average Bonchev–Trinajstić information content (AvgIpc) is 2.95. The Morgan fingerprint density at radius 1 is 0.900 bits per heavy atom. The van der Waals surface area contributed by atoms with Gasteiger partial charge in [0.15, 0.2) is 0 Å². The lowest BCUT2D eigenvalue weighted by Crippen LogP contribution is -2.42. The zero-order chi connectivity index (χ0) is 31.0. The topological polar surface area (TPSA) is 210 Å². The van der Waals surface area contributed by atoms with E-state index in [0.717, 1.165) is 23.8 Å². The normalized spacial score (nSPS) is 9.18. The maximum absolute atomic E-state index is 11.1. The molecule has 0 bridgehead atoms. The molecule has 0 aliphatic heterocycles. The second-order valence-corrected chi connectivity index (χ2v) is 7.22. The van der Waals surface area contributed by atoms with Gasteiger partial charge in [-0.1, -0.05) is 25.8 Å². The molecule has 0 aliphatic carbocycles. The quantitative estimate of drug-likeness (QED) is 0.117. The summed E-state index contributed by atoms with van der Waals surface area (Å²) in [6, 6.07) is 4.88. The number of amides is 1. The Bertz CT molecular complexity index is 1070. The number of carbonyl (C=O) groups excluding carboxylic acids is 6. The van der Waals surface area contributed by atoms with Crippen molar-refractivity contribution in [1.82, 2.24) is 0 Å². The summed E-state index contributed by atoms with van der Waals surface area (Å²) in [5, 5.41) is 9.48. The van der Waals surface area contributed by atoms with Crippen LogP contribution < -0.4 is 5.73 Å². The fraction of sp³-hybridized carbons (Fsp3) is 0.308. The van der Waals surface area contributed by atoms with Crippen LogP contribution in [0.2, 0.25) is 0 Å². The molecule has 0 atom stereocenters. The van der Waals surface area contributed by atoms with E-state index in [1.54, 1.807) is 26.0 Å². The summed E-state index contributed by atoms with van der Waals surface area (Å²) in [5.41, 5.74) is 4.98. The minimum Gasteiger partial charge on any atom is -0.462 e. The molecule has 1 rings (SSSR count). The van der Waals surface area contributed by atoms with Crippen LogP contribution >= 0.6 is 0 Å². The maximum Gasteiger partial charge on any atom is 0.404 e. The van der Waals surface area contributed by atoms with E-state index < -0.39 is 36.0 Å². The highest BCUT2D eigenvalue weighted by atomic mass is 16.6. The molecule has 0 aliphatic rings. The number of carbonyl (C=O) groups is 4. The summed E-state index contributed by atoms with van der Waals surface area (Å²) in [4.78, 5) is 69.7. The first-order valence-electron chi connectivity index (χ1n) is 11.1. The van der Waals surface area contributed by atoms with Crippen LogP contribution in [0.25, 0.3) is 0 Å². The number of nitrogens with zero attached hydrogens (tertiary/aromatic N) is 2. The van der Waals surface area contributed by atoms with E-state index in [1.807, 2.05) is 0 Å². The smallest absolute Gasteiger partial charge is 0.404 e. The van der Waals surface area contributed by atoms with Crippen molar-refractivity contribution in [2.45, 2.75) is 13.8 Å². The summed E-state index contributed by atoms with van der Waals surface area (Å²) < 4.78 is 18.7. The molecule has 0 saturated heterocycles. The van der Waals surface area contributed by atoms with Crippen LogP contribution in [0.5, 0.6) is 0 Å². The van der Waals surface area contributed by atoms with Crippen LogP contribution in [-0.2, 0) is 42.9 Å². The lowest BCUT2D eigenvalue weighted by molar-refractivity contribution is -0.159. The van der Waals surface area contributed by atoms with Gasteiger partial charge in [0, 0.05) is 18.2 Å². The Morgan fingerprint density at radius 3 is 1.65 bits per heavy atom. The average molecular weight is 562 g/mol. The largest absolute Gasteiger partial charge is 0.462 e. The zero-order valence-electron chi connectivity index (χ0n) is 22.1. The highest BCUT2D eigenvalue weighted by Crippen LogP contribution is 2.24. The third-order valence-electron chi connectivity index (χ3n) is 4.22. The van der Waals surface area contributed by atoms with Crippen molar-refractivity contribution >= 4 is 47.5 Å². The fourth-order valence-electron chi connectivity index (χ4n) is 2.14. The highest BCUT2D eigenvalue weighted by molar-refractivity contribution is 5.82. The van der Waals surface area contributed by atoms with Crippen molar-refractivity contribution in [3.63, 3.8) is 0 Å². The summed E-state index contributed by atoms with van der Waals surface area (Å²) in [6.45, 7) is 12.0. The maximum atomic E-state index is 11.1. The number of aliphatic hydroxyl groups is 1. The minimum absolute atomic E-state index is 0.330. The molecule has 14 nitrogen and oxygen atoms in total. The van der Waals surface area contributed by atoms with Crippen LogP contribution in [0.15, 0.2) is 66.1 Å². The summed E-state index contributed by atoms with van der Waals surface area (Å²) in [5.74, 6) is -2.17. The van der Waals surface area contributed by atoms with Crippen LogP contribution in [0.4, 0.5) is 16.2 Å². The van der Waals surface area contributed by atoms with Gasteiger partial charge in [0.05, 0.1) is 30.0 Å². The number of hydrogen-bond acceptors (Lipinski definition) is 13. The second-order valence-electron chi connectivity index (χ2n) is 7.22. The number of esters is 3. The van der Waals surface area contributed by atoms with Gasteiger partial charge < -0.3 is 29.8 Å². The van der Waals surface area contributed by atoms with E-state index in [4.69, 9.17) is 14.2 Å². The summed E-state index contributed by atoms with van der Waals surface area (Å²) in [7, 11) is 0. The molecule has 0 heterocycles. The number of isocyanates is 2. The van der Waals surface area contributed by atoms with E-state index in [0.29, 0.717) is 18.0 Å². The van der Waals surface area contributed by atoms with Crippen LogP contribution in [-0.4, -0.2) is 74.3 Å². The minimum atomic E-state index is -1.28. The molecule has 0 aromatic heterocycles. The Labute approximate surface area is 230 Å². The van der Waals surface area contributed by atoms with Gasteiger partial charge in [0.1, 0.15) is 19.8 Å². The number of aliphatic imine (C=N–C) groups is 2. The molecule has 1 amide bonds. The van der Waals surface area contributed by atoms with Crippen LogP contribution in [0.3, 0.4) is 0 Å². The number of rotatable bonds is 13. The fourth-order valence-corrected chi connectivity index (χ4v) is 2.14. The van der Waals surface area contributed by atoms with Crippen molar-refractivity contribution < 1.29 is 52.8 Å². The van der Waals surface area contributed by atoms with E-state index >= 15 is 0 Å². The monoisotopic (exact) mass is 561 g/mol. The molecule has 0 fully saturated rings. The molecule has 0 spiro atoms. The lowest BCUT2D eigenvalue weighted by Gasteiger charge is -2.29. The van der Waals surface area contributed by atoms with Gasteiger partial charge in [0.25, 0.3) is 0 Å². The lowest BCUT2D eigenvalue weighted by atomic mass is 9.92. The Morgan fingerprint density at radius 2 is 1.35 bits per heavy atom. The second kappa shape index (κ2) is 21.9. The molecular formula is C26H31N3O11. The van der Waals surface area contributed by atoms with E-state index in [1.165, 1.54) is 18.2 Å². The molecule has 216 valence electrons. The van der Waals surface area contributed by atoms with Gasteiger partial charge in [-0.3, -0.25) is 0 Å². The molecule has 0 radical (unpaired) electrons. The van der Waals surface area contributed by atoms with Crippen molar-refractivity contribution in [3.05, 3.63) is 61.7 Å². The number of benzene rings is 1. The third kappa shape index (κ3) is 17.3. The van der Waals surface area contributed by atoms with Gasteiger partial charge in [-0.2, -0.15) is 9.98 Å². The van der Waals surface area contributed by atoms with Gasteiger partial charge in [0.2, 0.25) is 12.2 Å². The van der Waals surface area contributed by atoms with Gasteiger partial charge in [-0.05, 0) is 31.5 Å².